The van der Waals surface area contributed by atoms with E-state index in [0.717, 1.165) is 25.5 Å². The average Bonchev–Trinajstić information content (AvgIpc) is 3.44. The van der Waals surface area contributed by atoms with Crippen molar-refractivity contribution in [1.82, 2.24) is 19.7 Å². The molecule has 0 amide bonds. The van der Waals surface area contributed by atoms with E-state index in [0.29, 0.717) is 11.8 Å². The highest BCUT2D eigenvalue weighted by atomic mass is 15.4. The van der Waals surface area contributed by atoms with Gasteiger partial charge in [-0.1, -0.05) is 30.3 Å². The van der Waals surface area contributed by atoms with Crippen LogP contribution in [0.5, 0.6) is 0 Å². The van der Waals surface area contributed by atoms with Gasteiger partial charge in [-0.2, -0.15) is 5.10 Å². The third-order valence-electron chi connectivity index (χ3n) is 4.59. The van der Waals surface area contributed by atoms with Crippen LogP contribution in [0.15, 0.2) is 30.3 Å². The first kappa shape index (κ1) is 13.9. The van der Waals surface area contributed by atoms with Crippen molar-refractivity contribution in [3.8, 4) is 0 Å². The molecule has 0 N–H and O–H groups in total. The molecule has 4 nitrogen and oxygen atoms in total. The van der Waals surface area contributed by atoms with Crippen LogP contribution in [0.1, 0.15) is 54.7 Å². The molecule has 2 aromatic rings. The zero-order valence-electron chi connectivity index (χ0n) is 13.3. The molecule has 2 aliphatic rings. The molecular weight excluding hydrogens is 272 g/mol. The molecule has 0 atom stereocenters. The van der Waals surface area contributed by atoms with Gasteiger partial charge < -0.3 is 4.90 Å². The van der Waals surface area contributed by atoms with Crippen LogP contribution in [0.25, 0.3) is 0 Å². The molecule has 2 aliphatic carbocycles. The van der Waals surface area contributed by atoms with E-state index in [1.54, 1.807) is 0 Å². The highest BCUT2D eigenvalue weighted by molar-refractivity contribution is 5.14. The minimum absolute atomic E-state index is 0.654. The average molecular weight is 296 g/mol. The van der Waals surface area contributed by atoms with Crippen LogP contribution in [0.3, 0.4) is 0 Å². The maximum absolute atomic E-state index is 4.83. The lowest BCUT2D eigenvalue weighted by Crippen LogP contribution is -2.24. The SMILES string of the molecule is CN(CCn1nc(C2CC2)nc1C1CC1)Cc1ccccc1. The molecule has 4 heteroatoms. The van der Waals surface area contributed by atoms with Crippen molar-refractivity contribution in [3.05, 3.63) is 47.5 Å². The molecule has 0 spiro atoms. The van der Waals surface area contributed by atoms with Gasteiger partial charge in [-0.05, 0) is 38.3 Å². The summed E-state index contributed by atoms with van der Waals surface area (Å²) in [5.74, 6) is 3.68. The summed E-state index contributed by atoms with van der Waals surface area (Å²) >= 11 is 0. The summed E-state index contributed by atoms with van der Waals surface area (Å²) < 4.78 is 2.19. The largest absolute Gasteiger partial charge is 0.300 e. The molecule has 4 rings (SSSR count). The third-order valence-corrected chi connectivity index (χ3v) is 4.59. The first-order chi connectivity index (χ1) is 10.8. The van der Waals surface area contributed by atoms with E-state index in [2.05, 4.69) is 47.0 Å². The monoisotopic (exact) mass is 296 g/mol. The van der Waals surface area contributed by atoms with Gasteiger partial charge >= 0.3 is 0 Å². The molecule has 1 aromatic carbocycles. The molecule has 22 heavy (non-hydrogen) atoms. The van der Waals surface area contributed by atoms with Crippen molar-refractivity contribution in [1.29, 1.82) is 0 Å². The molecule has 1 aromatic heterocycles. The molecule has 1 heterocycles. The summed E-state index contributed by atoms with van der Waals surface area (Å²) in [5, 5.41) is 4.79. The van der Waals surface area contributed by atoms with Crippen molar-refractivity contribution >= 4 is 0 Å². The number of benzene rings is 1. The number of nitrogens with zero attached hydrogens (tertiary/aromatic N) is 4. The lowest BCUT2D eigenvalue weighted by molar-refractivity contribution is 0.302. The Balaban J connectivity index is 1.38. The number of likely N-dealkylation sites (N-methyl/N-ethyl adjacent to an activating group) is 1. The van der Waals surface area contributed by atoms with Gasteiger partial charge in [-0.25, -0.2) is 9.67 Å². The van der Waals surface area contributed by atoms with Gasteiger partial charge in [0.15, 0.2) is 5.82 Å². The molecule has 0 saturated heterocycles. The smallest absolute Gasteiger partial charge is 0.154 e. The fraction of sp³-hybridized carbons (Fsp3) is 0.556. The maximum atomic E-state index is 4.83. The van der Waals surface area contributed by atoms with Crippen LogP contribution in [0, 0.1) is 0 Å². The highest BCUT2D eigenvalue weighted by Crippen LogP contribution is 2.42. The maximum Gasteiger partial charge on any atom is 0.154 e. The Morgan fingerprint density at radius 1 is 1.09 bits per heavy atom. The second-order valence-corrected chi connectivity index (χ2v) is 6.82. The summed E-state index contributed by atoms with van der Waals surface area (Å²) in [6.45, 7) is 2.96. The second kappa shape index (κ2) is 5.84. The summed E-state index contributed by atoms with van der Waals surface area (Å²) in [4.78, 5) is 7.20. The van der Waals surface area contributed by atoms with Crippen LogP contribution in [-0.2, 0) is 13.1 Å². The quantitative estimate of drug-likeness (QED) is 0.787. The van der Waals surface area contributed by atoms with Crippen LogP contribution in [0.2, 0.25) is 0 Å². The molecular formula is C18H24N4. The Hall–Kier alpha value is -1.68. The lowest BCUT2D eigenvalue weighted by Gasteiger charge is -2.17. The van der Waals surface area contributed by atoms with E-state index in [1.165, 1.54) is 37.1 Å². The molecule has 0 aliphatic heterocycles. The fourth-order valence-electron chi connectivity index (χ4n) is 2.93. The van der Waals surface area contributed by atoms with Gasteiger partial charge in [0, 0.05) is 24.9 Å². The van der Waals surface area contributed by atoms with Crippen molar-refractivity contribution < 1.29 is 0 Å². The van der Waals surface area contributed by atoms with E-state index in [1.807, 2.05) is 0 Å². The summed E-state index contributed by atoms with van der Waals surface area (Å²) in [7, 11) is 2.18. The Morgan fingerprint density at radius 2 is 1.82 bits per heavy atom. The molecule has 0 radical (unpaired) electrons. The molecule has 2 saturated carbocycles. The van der Waals surface area contributed by atoms with Gasteiger partial charge in [-0.3, -0.25) is 0 Å². The fourth-order valence-corrected chi connectivity index (χ4v) is 2.93. The standard InChI is InChI=1S/C18H24N4/c1-21(13-14-5-3-2-4-6-14)11-12-22-18(16-9-10-16)19-17(20-22)15-7-8-15/h2-6,15-16H,7-13H2,1H3. The van der Waals surface area contributed by atoms with Crippen LogP contribution in [-0.4, -0.2) is 33.3 Å². The normalized spacial score (nSPS) is 18.1. The number of aromatic nitrogens is 3. The van der Waals surface area contributed by atoms with Crippen LogP contribution in [0.4, 0.5) is 0 Å². The Labute approximate surface area is 132 Å². The minimum atomic E-state index is 0.654. The van der Waals surface area contributed by atoms with E-state index >= 15 is 0 Å². The first-order valence-electron chi connectivity index (χ1n) is 8.46. The Morgan fingerprint density at radius 3 is 2.50 bits per heavy atom. The van der Waals surface area contributed by atoms with Gasteiger partial charge in [0.2, 0.25) is 0 Å². The molecule has 116 valence electrons. The topological polar surface area (TPSA) is 34.0 Å². The molecule has 0 unspecified atom stereocenters. The predicted octanol–water partition coefficient (Wildman–Crippen LogP) is 3.16. The van der Waals surface area contributed by atoms with Crippen LogP contribution >= 0.6 is 0 Å². The Bertz CT molecular complexity index is 626. The van der Waals surface area contributed by atoms with Gasteiger partial charge in [0.05, 0.1) is 6.54 Å². The van der Waals surface area contributed by atoms with Crippen molar-refractivity contribution in [3.63, 3.8) is 0 Å². The molecule has 0 bridgehead atoms. The first-order valence-corrected chi connectivity index (χ1v) is 8.46. The number of hydrogen-bond acceptors (Lipinski definition) is 3. The van der Waals surface area contributed by atoms with Crippen LogP contribution < -0.4 is 0 Å². The summed E-state index contributed by atoms with van der Waals surface area (Å²) in [6.07, 6.45) is 5.15. The summed E-state index contributed by atoms with van der Waals surface area (Å²) in [6, 6.07) is 10.7. The van der Waals surface area contributed by atoms with E-state index in [-0.39, 0.29) is 0 Å². The minimum Gasteiger partial charge on any atom is -0.300 e. The van der Waals surface area contributed by atoms with Gasteiger partial charge in [0.25, 0.3) is 0 Å². The molecule has 2 fully saturated rings. The van der Waals surface area contributed by atoms with E-state index in [9.17, 15) is 0 Å². The van der Waals surface area contributed by atoms with E-state index < -0.39 is 0 Å². The lowest BCUT2D eigenvalue weighted by atomic mass is 10.2. The van der Waals surface area contributed by atoms with Crippen molar-refractivity contribution in [2.45, 2.75) is 50.6 Å². The van der Waals surface area contributed by atoms with Gasteiger partial charge in [-0.15, -0.1) is 0 Å². The summed E-state index contributed by atoms with van der Waals surface area (Å²) in [5.41, 5.74) is 1.37. The second-order valence-electron chi connectivity index (χ2n) is 6.82. The van der Waals surface area contributed by atoms with Crippen molar-refractivity contribution in [2.75, 3.05) is 13.6 Å². The van der Waals surface area contributed by atoms with E-state index in [4.69, 9.17) is 10.1 Å². The zero-order valence-corrected chi connectivity index (χ0v) is 13.3. The Kier molecular flexibility index (Phi) is 3.70. The number of rotatable bonds is 7. The zero-order chi connectivity index (χ0) is 14.9. The van der Waals surface area contributed by atoms with Crippen molar-refractivity contribution in [2.24, 2.45) is 0 Å². The third kappa shape index (κ3) is 3.22. The highest BCUT2D eigenvalue weighted by Gasteiger charge is 2.34. The predicted molar refractivity (Wildman–Crippen MR) is 86.7 cm³/mol. The number of hydrogen-bond donors (Lipinski definition) is 0. The van der Waals surface area contributed by atoms with Gasteiger partial charge in [0.1, 0.15) is 5.82 Å².